The highest BCUT2D eigenvalue weighted by Gasteiger charge is 2.39. The maximum atomic E-state index is 12.7. The van der Waals surface area contributed by atoms with E-state index in [0.717, 1.165) is 31.1 Å². The molecule has 2 rings (SSSR count). The molecule has 0 N–H and O–H groups in total. The Labute approximate surface area is 118 Å². The molecule has 1 aliphatic rings. The number of rotatable bonds is 5. The molecule has 0 bridgehead atoms. The second-order valence-electron chi connectivity index (χ2n) is 4.62. The van der Waals surface area contributed by atoms with Gasteiger partial charge in [-0.2, -0.15) is 13.2 Å². The van der Waals surface area contributed by atoms with Crippen LogP contribution in [-0.4, -0.2) is 38.1 Å². The standard InChI is InChI=1S/C11H16BrF3N4/c12-4-2-1-3-5-18-6-7-19-9(8-18)16-17-10(19)11(13,14)15/h1-8H2. The molecule has 0 radical (unpaired) electrons. The van der Waals surface area contributed by atoms with E-state index in [0.29, 0.717) is 25.5 Å². The van der Waals surface area contributed by atoms with E-state index in [1.807, 2.05) is 0 Å². The van der Waals surface area contributed by atoms with E-state index in [2.05, 4.69) is 31.0 Å². The zero-order valence-corrected chi connectivity index (χ0v) is 12.0. The van der Waals surface area contributed by atoms with Gasteiger partial charge in [-0.1, -0.05) is 22.4 Å². The van der Waals surface area contributed by atoms with Gasteiger partial charge in [0.05, 0.1) is 6.54 Å². The van der Waals surface area contributed by atoms with Crippen molar-refractivity contribution in [2.24, 2.45) is 0 Å². The first-order valence-corrected chi connectivity index (χ1v) is 7.42. The van der Waals surface area contributed by atoms with Crippen LogP contribution in [0.15, 0.2) is 0 Å². The molecule has 19 heavy (non-hydrogen) atoms. The lowest BCUT2D eigenvalue weighted by atomic mass is 10.2. The summed E-state index contributed by atoms with van der Waals surface area (Å²) in [6.07, 6.45) is -1.10. The van der Waals surface area contributed by atoms with E-state index in [1.165, 1.54) is 4.57 Å². The van der Waals surface area contributed by atoms with Crippen molar-refractivity contribution < 1.29 is 13.2 Å². The number of unbranched alkanes of at least 4 members (excludes halogenated alkanes) is 2. The topological polar surface area (TPSA) is 34.0 Å². The number of aromatic nitrogens is 3. The SMILES string of the molecule is FC(F)(F)c1nnc2n1CCN(CCCCCBr)C2. The van der Waals surface area contributed by atoms with Crippen LogP contribution in [0.5, 0.6) is 0 Å². The summed E-state index contributed by atoms with van der Waals surface area (Å²) in [5.74, 6) is -0.458. The molecule has 0 aromatic carbocycles. The highest BCUT2D eigenvalue weighted by molar-refractivity contribution is 9.09. The number of hydrogen-bond acceptors (Lipinski definition) is 3. The van der Waals surface area contributed by atoms with Gasteiger partial charge in [0.1, 0.15) is 5.82 Å². The Morgan fingerprint density at radius 3 is 2.58 bits per heavy atom. The molecule has 0 unspecified atom stereocenters. The minimum atomic E-state index is -4.41. The minimum absolute atomic E-state index is 0.315. The fraction of sp³-hybridized carbons (Fsp3) is 0.818. The fourth-order valence-corrected chi connectivity index (χ4v) is 2.61. The predicted octanol–water partition coefficient (Wildman–Crippen LogP) is 2.68. The van der Waals surface area contributed by atoms with Crippen molar-refractivity contribution in [2.75, 3.05) is 18.4 Å². The van der Waals surface area contributed by atoms with Crippen LogP contribution in [0.25, 0.3) is 0 Å². The zero-order chi connectivity index (χ0) is 13.9. The number of hydrogen-bond donors (Lipinski definition) is 0. The molecule has 0 atom stereocenters. The van der Waals surface area contributed by atoms with Gasteiger partial charge in [-0.25, -0.2) is 0 Å². The van der Waals surface area contributed by atoms with Crippen LogP contribution in [0.1, 0.15) is 30.9 Å². The van der Waals surface area contributed by atoms with Crippen molar-refractivity contribution in [1.82, 2.24) is 19.7 Å². The molecule has 0 spiro atoms. The smallest absolute Gasteiger partial charge is 0.305 e. The van der Waals surface area contributed by atoms with Crippen LogP contribution < -0.4 is 0 Å². The summed E-state index contributed by atoms with van der Waals surface area (Å²) in [7, 11) is 0. The summed E-state index contributed by atoms with van der Waals surface area (Å²) in [5.41, 5.74) is 0. The number of halogens is 4. The van der Waals surface area contributed by atoms with Crippen molar-refractivity contribution in [2.45, 2.75) is 38.5 Å². The van der Waals surface area contributed by atoms with Crippen LogP contribution >= 0.6 is 15.9 Å². The summed E-state index contributed by atoms with van der Waals surface area (Å²) in [5, 5.41) is 7.93. The Kier molecular flexibility index (Phi) is 4.83. The Hall–Kier alpha value is -0.630. The third-order valence-electron chi connectivity index (χ3n) is 3.19. The van der Waals surface area contributed by atoms with E-state index >= 15 is 0 Å². The van der Waals surface area contributed by atoms with E-state index in [1.54, 1.807) is 0 Å². The van der Waals surface area contributed by atoms with Gasteiger partial charge in [0.2, 0.25) is 5.82 Å². The van der Waals surface area contributed by atoms with Crippen molar-refractivity contribution >= 4 is 15.9 Å². The summed E-state index contributed by atoms with van der Waals surface area (Å²) in [4.78, 5) is 2.14. The van der Waals surface area contributed by atoms with Gasteiger partial charge in [0.15, 0.2) is 0 Å². The molecule has 0 amide bonds. The molecule has 0 aliphatic carbocycles. The average Bonchev–Trinajstić information content (AvgIpc) is 2.77. The second kappa shape index (κ2) is 6.21. The Balaban J connectivity index is 1.92. The molecule has 0 saturated carbocycles. The van der Waals surface area contributed by atoms with E-state index in [9.17, 15) is 13.2 Å². The minimum Gasteiger partial charge on any atom is -0.305 e. The molecular weight excluding hydrogens is 325 g/mol. The first kappa shape index (κ1) is 14.8. The molecule has 2 heterocycles. The van der Waals surface area contributed by atoms with Gasteiger partial charge < -0.3 is 4.57 Å². The lowest BCUT2D eigenvalue weighted by Gasteiger charge is -2.27. The van der Waals surface area contributed by atoms with Crippen LogP contribution in [0.3, 0.4) is 0 Å². The molecule has 8 heteroatoms. The highest BCUT2D eigenvalue weighted by Crippen LogP contribution is 2.29. The largest absolute Gasteiger partial charge is 0.451 e. The van der Waals surface area contributed by atoms with E-state index in [4.69, 9.17) is 0 Å². The third kappa shape index (κ3) is 3.68. The van der Waals surface area contributed by atoms with Gasteiger partial charge in [-0.05, 0) is 19.4 Å². The molecule has 1 aliphatic heterocycles. The van der Waals surface area contributed by atoms with Crippen molar-refractivity contribution in [3.8, 4) is 0 Å². The Bertz CT molecular complexity index is 419. The molecule has 108 valence electrons. The van der Waals surface area contributed by atoms with Gasteiger partial charge in [-0.15, -0.1) is 10.2 Å². The first-order chi connectivity index (χ1) is 9.02. The van der Waals surface area contributed by atoms with E-state index in [-0.39, 0.29) is 0 Å². The lowest BCUT2D eigenvalue weighted by molar-refractivity contribution is -0.148. The predicted molar refractivity (Wildman–Crippen MR) is 67.9 cm³/mol. The Morgan fingerprint density at radius 1 is 1.11 bits per heavy atom. The maximum absolute atomic E-state index is 12.7. The summed E-state index contributed by atoms with van der Waals surface area (Å²) in [6.45, 7) is 2.30. The number of nitrogens with zero attached hydrogens (tertiary/aromatic N) is 4. The third-order valence-corrected chi connectivity index (χ3v) is 3.75. The van der Waals surface area contributed by atoms with Gasteiger partial charge in [0, 0.05) is 18.4 Å². The first-order valence-electron chi connectivity index (χ1n) is 6.30. The van der Waals surface area contributed by atoms with Crippen molar-refractivity contribution in [3.63, 3.8) is 0 Å². The second-order valence-corrected chi connectivity index (χ2v) is 5.41. The van der Waals surface area contributed by atoms with E-state index < -0.39 is 12.0 Å². The average molecular weight is 341 g/mol. The maximum Gasteiger partial charge on any atom is 0.451 e. The van der Waals surface area contributed by atoms with Crippen LogP contribution in [0.2, 0.25) is 0 Å². The normalized spacial score (nSPS) is 16.6. The van der Waals surface area contributed by atoms with Crippen molar-refractivity contribution in [3.05, 3.63) is 11.6 Å². The molecule has 1 aromatic heterocycles. The summed E-state index contributed by atoms with van der Waals surface area (Å²) >= 11 is 3.38. The van der Waals surface area contributed by atoms with Gasteiger partial charge in [0.25, 0.3) is 0 Å². The molecular formula is C11H16BrF3N4. The summed E-state index contributed by atoms with van der Waals surface area (Å²) in [6, 6.07) is 0. The Morgan fingerprint density at radius 2 is 1.89 bits per heavy atom. The van der Waals surface area contributed by atoms with Gasteiger partial charge in [-0.3, -0.25) is 4.90 Å². The van der Waals surface area contributed by atoms with Crippen LogP contribution in [-0.2, 0) is 19.3 Å². The molecule has 1 aromatic rings. The summed E-state index contributed by atoms with van der Waals surface area (Å²) < 4.78 is 39.1. The van der Waals surface area contributed by atoms with Gasteiger partial charge >= 0.3 is 6.18 Å². The highest BCUT2D eigenvalue weighted by atomic mass is 79.9. The number of alkyl halides is 4. The molecule has 0 saturated heterocycles. The van der Waals surface area contributed by atoms with Crippen molar-refractivity contribution in [1.29, 1.82) is 0 Å². The fourth-order valence-electron chi connectivity index (χ4n) is 2.21. The zero-order valence-electron chi connectivity index (χ0n) is 10.5. The van der Waals surface area contributed by atoms with Crippen LogP contribution in [0.4, 0.5) is 13.2 Å². The van der Waals surface area contributed by atoms with Crippen LogP contribution in [0, 0.1) is 0 Å². The molecule has 0 fully saturated rings. The number of fused-ring (bicyclic) bond motifs is 1. The molecule has 4 nitrogen and oxygen atoms in total. The quantitative estimate of drug-likeness (QED) is 0.610. The lowest BCUT2D eigenvalue weighted by Crippen LogP contribution is -2.35. The monoisotopic (exact) mass is 340 g/mol.